The van der Waals surface area contributed by atoms with E-state index in [0.717, 1.165) is 43.7 Å². The minimum absolute atomic E-state index is 0.0693. The first-order valence-electron chi connectivity index (χ1n) is 9.97. The van der Waals surface area contributed by atoms with Gasteiger partial charge in [-0.25, -0.2) is 4.79 Å². The molecule has 0 amide bonds. The Morgan fingerprint density at radius 1 is 1.29 bits per heavy atom. The average molecular weight is 444 g/mol. The third-order valence-electron chi connectivity index (χ3n) is 4.98. The first-order chi connectivity index (χ1) is 14.7. The van der Waals surface area contributed by atoms with Crippen LogP contribution in [0.25, 0.3) is 0 Å². The zero-order valence-corrected chi connectivity index (χ0v) is 17.5. The summed E-state index contributed by atoms with van der Waals surface area (Å²) in [6.45, 7) is 4.04. The van der Waals surface area contributed by atoms with Crippen molar-refractivity contribution in [3.63, 3.8) is 0 Å². The number of methoxy groups -OCH3 is 1. The summed E-state index contributed by atoms with van der Waals surface area (Å²) < 4.78 is 44.5. The van der Waals surface area contributed by atoms with Crippen molar-refractivity contribution < 1.29 is 32.2 Å². The van der Waals surface area contributed by atoms with Crippen LogP contribution in [0.2, 0.25) is 0 Å². The fourth-order valence-electron chi connectivity index (χ4n) is 3.38. The highest BCUT2D eigenvalue weighted by Gasteiger charge is 2.38. The number of fused-ring (bicyclic) bond motifs is 1. The summed E-state index contributed by atoms with van der Waals surface area (Å²) in [5, 5.41) is 10.7. The van der Waals surface area contributed by atoms with Crippen molar-refractivity contribution in [1.29, 1.82) is 0 Å². The molecule has 0 saturated heterocycles. The summed E-state index contributed by atoms with van der Waals surface area (Å²) in [5.74, 6) is -0.738. The molecule has 10 heteroatoms. The number of aryl methyl sites for hydroxylation is 1. The number of ether oxygens (including phenoxy) is 1. The second-order valence-electron chi connectivity index (χ2n) is 7.13. The van der Waals surface area contributed by atoms with Crippen LogP contribution in [0.3, 0.4) is 0 Å². The molecule has 0 saturated carbocycles. The van der Waals surface area contributed by atoms with E-state index in [9.17, 15) is 18.0 Å². The smallest absolute Gasteiger partial charge is 0.475 e. The van der Waals surface area contributed by atoms with Crippen molar-refractivity contribution in [2.24, 2.45) is 0 Å². The lowest BCUT2D eigenvalue weighted by Crippen LogP contribution is -2.37. The molecule has 1 unspecified atom stereocenters. The zero-order valence-electron chi connectivity index (χ0n) is 17.5. The monoisotopic (exact) mass is 444 g/mol. The van der Waals surface area contributed by atoms with Gasteiger partial charge < -0.3 is 24.1 Å². The number of alkyl halides is 3. The highest BCUT2D eigenvalue weighted by Crippen LogP contribution is 2.21. The molecule has 0 aromatic carbocycles. The third-order valence-corrected chi connectivity index (χ3v) is 4.98. The number of hydrogen-bond donors (Lipinski definition) is 2. The number of nitrogens with one attached hydrogen (secondary N) is 1. The Labute approximate surface area is 177 Å². The molecule has 1 atom stereocenters. The molecular weight excluding hydrogens is 417 g/mol. The lowest BCUT2D eigenvalue weighted by molar-refractivity contribution is -0.192. The minimum Gasteiger partial charge on any atom is -0.475 e. The predicted molar refractivity (Wildman–Crippen MR) is 107 cm³/mol. The van der Waals surface area contributed by atoms with Crippen LogP contribution in [0.5, 0.6) is 0 Å². The van der Waals surface area contributed by atoms with E-state index in [-0.39, 0.29) is 5.56 Å². The molecule has 2 heterocycles. The quantitative estimate of drug-likeness (QED) is 0.682. The van der Waals surface area contributed by atoms with Gasteiger partial charge in [0.05, 0.1) is 13.2 Å². The lowest BCUT2D eigenvalue weighted by atomic mass is 9.91. The van der Waals surface area contributed by atoms with Gasteiger partial charge in [0.15, 0.2) is 0 Å². The van der Waals surface area contributed by atoms with Crippen molar-refractivity contribution in [2.75, 3.05) is 13.7 Å². The van der Waals surface area contributed by atoms with Crippen molar-refractivity contribution in [3.8, 4) is 0 Å². The zero-order chi connectivity index (χ0) is 23.0. The standard InChI is InChI=1S/C19H26N2O3.C2HF3O2/c1-3-16-6-7-17(24-16)13-20-15-5-8-18-14(12-15)4-9-19(22)21(18)10-11-23-2;3-2(4,5)1(6)7/h4,6-7,9,15,20H,3,5,8,10-13H2,1-2H3;(H,6,7). The first kappa shape index (κ1) is 24.7. The highest BCUT2D eigenvalue weighted by atomic mass is 19.4. The topological polar surface area (TPSA) is 93.7 Å². The Kier molecular flexibility index (Phi) is 8.88. The number of aliphatic carboxylic acids is 1. The Morgan fingerprint density at radius 3 is 2.55 bits per heavy atom. The highest BCUT2D eigenvalue weighted by molar-refractivity contribution is 5.73. The number of nitrogens with zero attached hydrogens (tertiary/aromatic N) is 1. The normalized spacial score (nSPS) is 15.7. The summed E-state index contributed by atoms with van der Waals surface area (Å²) in [6, 6.07) is 8.17. The summed E-state index contributed by atoms with van der Waals surface area (Å²) in [7, 11) is 1.67. The van der Waals surface area contributed by atoms with Crippen LogP contribution >= 0.6 is 0 Å². The summed E-state index contributed by atoms with van der Waals surface area (Å²) in [6.07, 6.45) is -1.25. The van der Waals surface area contributed by atoms with Gasteiger partial charge in [-0.15, -0.1) is 0 Å². The van der Waals surface area contributed by atoms with Crippen molar-refractivity contribution in [1.82, 2.24) is 9.88 Å². The SMILES string of the molecule is CCc1ccc(CNC2CCc3c(ccc(=O)n3CCOC)C2)o1.O=C(O)C(F)(F)F. The number of hydrogen-bond acceptors (Lipinski definition) is 5. The maximum absolute atomic E-state index is 12.1. The second kappa shape index (κ2) is 11.1. The Morgan fingerprint density at radius 2 is 1.97 bits per heavy atom. The van der Waals surface area contributed by atoms with Crippen molar-refractivity contribution in [2.45, 2.75) is 57.9 Å². The number of carboxylic acids is 1. The van der Waals surface area contributed by atoms with Gasteiger partial charge in [-0.2, -0.15) is 13.2 Å². The van der Waals surface area contributed by atoms with Gasteiger partial charge in [-0.3, -0.25) is 4.79 Å². The molecule has 2 aromatic heterocycles. The van der Waals surface area contributed by atoms with E-state index in [4.69, 9.17) is 19.1 Å². The van der Waals surface area contributed by atoms with Crippen LogP contribution in [0.15, 0.2) is 33.5 Å². The third kappa shape index (κ3) is 7.25. The molecular formula is C21H27F3N2O5. The molecule has 0 bridgehead atoms. The molecule has 0 aliphatic heterocycles. The molecule has 1 aliphatic rings. The summed E-state index contributed by atoms with van der Waals surface area (Å²) in [4.78, 5) is 21.0. The lowest BCUT2D eigenvalue weighted by Gasteiger charge is -2.27. The van der Waals surface area contributed by atoms with Crippen LogP contribution in [0.1, 0.15) is 36.1 Å². The van der Waals surface area contributed by atoms with Gasteiger partial charge in [0.1, 0.15) is 11.5 Å². The Balaban J connectivity index is 0.000000423. The summed E-state index contributed by atoms with van der Waals surface area (Å²) >= 11 is 0. The van der Waals surface area contributed by atoms with Crippen LogP contribution in [0.4, 0.5) is 13.2 Å². The number of carboxylic acid groups (broad SMARTS) is 1. The fourth-order valence-corrected chi connectivity index (χ4v) is 3.38. The first-order valence-corrected chi connectivity index (χ1v) is 9.97. The second-order valence-corrected chi connectivity index (χ2v) is 7.13. The van der Waals surface area contributed by atoms with Crippen LogP contribution in [-0.2, 0) is 41.9 Å². The number of aromatic nitrogens is 1. The molecule has 0 radical (unpaired) electrons. The average Bonchev–Trinajstić information content (AvgIpc) is 3.19. The van der Waals surface area contributed by atoms with Crippen LogP contribution in [-0.4, -0.2) is 41.6 Å². The molecule has 1 aliphatic carbocycles. The van der Waals surface area contributed by atoms with Crippen molar-refractivity contribution in [3.05, 3.63) is 57.4 Å². The summed E-state index contributed by atoms with van der Waals surface area (Å²) in [5.41, 5.74) is 2.51. The van der Waals surface area contributed by atoms with E-state index in [1.54, 1.807) is 13.2 Å². The number of carbonyl (C=O) groups is 1. The minimum atomic E-state index is -5.08. The number of halogens is 3. The fraction of sp³-hybridized carbons (Fsp3) is 0.524. The van der Waals surface area contributed by atoms with Gasteiger partial charge in [0, 0.05) is 37.9 Å². The molecule has 0 spiro atoms. The van der Waals surface area contributed by atoms with E-state index in [0.29, 0.717) is 19.2 Å². The number of furan rings is 1. The maximum Gasteiger partial charge on any atom is 0.490 e. The van der Waals surface area contributed by atoms with Crippen molar-refractivity contribution >= 4 is 5.97 Å². The molecule has 7 nitrogen and oxygen atoms in total. The number of rotatable bonds is 7. The molecule has 31 heavy (non-hydrogen) atoms. The number of pyridine rings is 1. The molecule has 172 valence electrons. The molecule has 3 rings (SSSR count). The van der Waals surface area contributed by atoms with E-state index < -0.39 is 12.1 Å². The predicted octanol–water partition coefficient (Wildman–Crippen LogP) is 2.93. The van der Waals surface area contributed by atoms with Gasteiger partial charge in [-0.05, 0) is 37.0 Å². The maximum atomic E-state index is 12.1. The molecule has 2 N–H and O–H groups in total. The van der Waals surface area contributed by atoms with Gasteiger partial charge in [-0.1, -0.05) is 13.0 Å². The van der Waals surface area contributed by atoms with E-state index in [1.165, 1.54) is 11.3 Å². The van der Waals surface area contributed by atoms with Crippen LogP contribution < -0.4 is 10.9 Å². The molecule has 0 fully saturated rings. The van der Waals surface area contributed by atoms with Gasteiger partial charge in [0.25, 0.3) is 5.56 Å². The molecule has 2 aromatic rings. The largest absolute Gasteiger partial charge is 0.490 e. The van der Waals surface area contributed by atoms with E-state index in [2.05, 4.69) is 12.2 Å². The van der Waals surface area contributed by atoms with Gasteiger partial charge >= 0.3 is 12.1 Å². The van der Waals surface area contributed by atoms with E-state index >= 15 is 0 Å². The van der Waals surface area contributed by atoms with Crippen LogP contribution in [0, 0.1) is 0 Å². The Hall–Kier alpha value is -2.59. The Bertz CT molecular complexity index is 920. The van der Waals surface area contributed by atoms with E-state index in [1.807, 2.05) is 22.8 Å². The van der Waals surface area contributed by atoms with Gasteiger partial charge in [0.2, 0.25) is 0 Å².